The summed E-state index contributed by atoms with van der Waals surface area (Å²) in [5.41, 5.74) is 0.206. The van der Waals surface area contributed by atoms with Crippen molar-refractivity contribution in [3.8, 4) is 0 Å². The van der Waals surface area contributed by atoms with E-state index in [1.807, 2.05) is 0 Å². The maximum Gasteiger partial charge on any atom is 0.245 e. The lowest BCUT2D eigenvalue weighted by Crippen LogP contribution is -2.46. The van der Waals surface area contributed by atoms with Crippen LogP contribution in [-0.2, 0) is 14.8 Å². The summed E-state index contributed by atoms with van der Waals surface area (Å²) in [7, 11) is -3.89. The molecule has 130 valence electrons. The van der Waals surface area contributed by atoms with E-state index in [4.69, 9.17) is 0 Å². The van der Waals surface area contributed by atoms with Crippen LogP contribution in [0.15, 0.2) is 23.0 Å². The van der Waals surface area contributed by atoms with Crippen molar-refractivity contribution < 1.29 is 17.6 Å². The van der Waals surface area contributed by atoms with E-state index in [0.717, 1.165) is 9.88 Å². The maximum atomic E-state index is 14.6. The molecule has 2 aliphatic rings. The van der Waals surface area contributed by atoms with Crippen molar-refractivity contribution in [2.24, 2.45) is 0 Å². The number of rotatable bonds is 2. The van der Waals surface area contributed by atoms with Crippen LogP contribution in [0.2, 0.25) is 0 Å². The van der Waals surface area contributed by atoms with Gasteiger partial charge in [0.15, 0.2) is 0 Å². The van der Waals surface area contributed by atoms with E-state index in [1.54, 1.807) is 20.8 Å². The average molecular weight is 473 g/mol. The van der Waals surface area contributed by atoms with Gasteiger partial charge in [-0.2, -0.15) is 0 Å². The van der Waals surface area contributed by atoms with Crippen molar-refractivity contribution in [1.82, 2.24) is 4.31 Å². The minimum atomic E-state index is -3.89. The van der Waals surface area contributed by atoms with Crippen LogP contribution in [0.4, 0.5) is 4.39 Å². The minimum absolute atomic E-state index is 0.145. The lowest BCUT2D eigenvalue weighted by molar-refractivity contribution is -0.127. The second kappa shape index (κ2) is 6.59. The van der Waals surface area contributed by atoms with E-state index in [0.29, 0.717) is 19.3 Å². The van der Waals surface area contributed by atoms with Crippen LogP contribution in [0, 0.1) is 0 Å². The molecule has 1 fully saturated rings. The highest BCUT2D eigenvalue weighted by Crippen LogP contribution is 2.39. The van der Waals surface area contributed by atoms with Crippen molar-refractivity contribution in [3.05, 3.63) is 23.0 Å². The molecule has 1 saturated heterocycles. The largest absolute Gasteiger partial charge is 0.274 e. The molecule has 4 nitrogen and oxygen atoms in total. The minimum Gasteiger partial charge on any atom is -0.274 e. The highest BCUT2D eigenvalue weighted by atomic mass is 79.9. The lowest BCUT2D eigenvalue weighted by atomic mass is 10.0. The molecule has 0 aromatic heterocycles. The first-order valence-electron chi connectivity index (χ1n) is 7.40. The third-order valence-corrected chi connectivity index (χ3v) is 7.62. The Morgan fingerprint density at radius 3 is 2.39 bits per heavy atom. The average Bonchev–Trinajstić information content (AvgIpc) is 2.52. The second-order valence-electron chi connectivity index (χ2n) is 6.81. The molecule has 0 spiro atoms. The van der Waals surface area contributed by atoms with Gasteiger partial charge in [-0.05, 0) is 57.3 Å². The fourth-order valence-electron chi connectivity index (χ4n) is 3.09. The van der Waals surface area contributed by atoms with Crippen LogP contribution in [-0.4, -0.2) is 33.2 Å². The Morgan fingerprint density at radius 1 is 1.30 bits per heavy atom. The maximum absolute atomic E-state index is 14.6. The number of alkyl halides is 2. The van der Waals surface area contributed by atoms with Crippen LogP contribution < -0.4 is 0 Å². The number of carbonyl (C=O) groups is 1. The van der Waals surface area contributed by atoms with Crippen molar-refractivity contribution in [3.63, 3.8) is 0 Å². The quantitative estimate of drug-likeness (QED) is 0.567. The van der Waals surface area contributed by atoms with Gasteiger partial charge in [0.2, 0.25) is 15.9 Å². The Kier molecular flexibility index (Phi) is 5.48. The van der Waals surface area contributed by atoms with Gasteiger partial charge in [0.05, 0.1) is 15.7 Å². The zero-order valence-corrected chi connectivity index (χ0v) is 17.3. The van der Waals surface area contributed by atoms with E-state index >= 15 is 0 Å². The normalized spacial score (nSPS) is 25.9. The number of carbonyl (C=O) groups excluding carboxylic acids is 1. The van der Waals surface area contributed by atoms with Gasteiger partial charge in [0, 0.05) is 0 Å². The number of hydrogen-bond acceptors (Lipinski definition) is 3. The van der Waals surface area contributed by atoms with Crippen molar-refractivity contribution >= 4 is 47.8 Å². The molecule has 1 amide bonds. The van der Waals surface area contributed by atoms with Gasteiger partial charge >= 0.3 is 0 Å². The van der Waals surface area contributed by atoms with E-state index in [-0.39, 0.29) is 15.7 Å². The van der Waals surface area contributed by atoms with Crippen molar-refractivity contribution in [1.29, 1.82) is 0 Å². The first-order valence-corrected chi connectivity index (χ1v) is 10.7. The van der Waals surface area contributed by atoms with Crippen molar-refractivity contribution in [2.45, 2.75) is 61.0 Å². The monoisotopic (exact) mass is 471 g/mol. The van der Waals surface area contributed by atoms with Gasteiger partial charge in [0.1, 0.15) is 11.1 Å². The molecule has 1 atom stereocenters. The Bertz CT molecular complexity index is 677. The Balaban J connectivity index is 2.47. The number of allylic oxidation sites excluding steroid dienone is 3. The van der Waals surface area contributed by atoms with Crippen LogP contribution in [0.5, 0.6) is 0 Å². The summed E-state index contributed by atoms with van der Waals surface area (Å²) in [5.74, 6) is -0.992. The first kappa shape index (κ1) is 19.1. The van der Waals surface area contributed by atoms with Gasteiger partial charge in [-0.15, -0.1) is 0 Å². The smallest absolute Gasteiger partial charge is 0.245 e. The summed E-state index contributed by atoms with van der Waals surface area (Å²) in [4.78, 5) is 12.2. The third kappa shape index (κ3) is 3.74. The molecule has 1 unspecified atom stereocenters. The molecule has 23 heavy (non-hydrogen) atoms. The van der Waals surface area contributed by atoms with Gasteiger partial charge in [-0.1, -0.05) is 31.9 Å². The molecular weight excluding hydrogens is 453 g/mol. The summed E-state index contributed by atoms with van der Waals surface area (Å²) < 4.78 is 41.0. The molecule has 0 N–H and O–H groups in total. The molecule has 0 aromatic rings. The van der Waals surface area contributed by atoms with E-state index in [1.165, 1.54) is 6.08 Å². The Hall–Kier alpha value is -0.210. The van der Waals surface area contributed by atoms with E-state index in [9.17, 15) is 17.6 Å². The lowest BCUT2D eigenvalue weighted by Gasteiger charge is -2.31. The summed E-state index contributed by atoms with van der Waals surface area (Å²) in [5, 5.41) is -1.09. The highest BCUT2D eigenvalue weighted by molar-refractivity contribution is 9.24. The van der Waals surface area contributed by atoms with Crippen LogP contribution >= 0.6 is 31.9 Å². The Labute approximate surface area is 153 Å². The topological polar surface area (TPSA) is 54.5 Å². The standard InChI is InChI=1S/C15H20Br2FNO3S/c1-15(2,3)19-13(20)8-12(23(19,21)22)10-6-4-5-9(14(16)17)7-11(10)18/h7,12,14H,4-6,8H2,1-3H3. The zero-order chi connectivity index (χ0) is 17.6. The van der Waals surface area contributed by atoms with Gasteiger partial charge in [-0.25, -0.2) is 17.1 Å². The number of amides is 1. The highest BCUT2D eigenvalue weighted by Gasteiger charge is 2.51. The SMILES string of the molecule is CC(C)(C)N1C(=O)CC(C2=C(F)C=C(C(Br)Br)CCC2)S1(=O)=O. The van der Waals surface area contributed by atoms with Crippen LogP contribution in [0.1, 0.15) is 46.5 Å². The van der Waals surface area contributed by atoms with Crippen LogP contribution in [0.3, 0.4) is 0 Å². The molecule has 2 rings (SSSR count). The molecule has 0 radical (unpaired) electrons. The molecule has 1 aliphatic carbocycles. The van der Waals surface area contributed by atoms with Crippen molar-refractivity contribution in [2.75, 3.05) is 0 Å². The summed E-state index contributed by atoms with van der Waals surface area (Å²) >= 11 is 6.70. The summed E-state index contributed by atoms with van der Waals surface area (Å²) in [6, 6.07) is 0. The number of hydrogen-bond donors (Lipinski definition) is 0. The van der Waals surface area contributed by atoms with E-state index < -0.39 is 32.5 Å². The summed E-state index contributed by atoms with van der Waals surface area (Å²) in [6.07, 6.45) is 2.86. The van der Waals surface area contributed by atoms with Crippen LogP contribution in [0.25, 0.3) is 0 Å². The Morgan fingerprint density at radius 2 is 1.91 bits per heavy atom. The number of halogens is 3. The van der Waals surface area contributed by atoms with Gasteiger partial charge < -0.3 is 0 Å². The molecule has 0 saturated carbocycles. The third-order valence-electron chi connectivity index (χ3n) is 4.01. The summed E-state index contributed by atoms with van der Waals surface area (Å²) in [6.45, 7) is 5.00. The molecule has 1 aliphatic heterocycles. The second-order valence-corrected chi connectivity index (χ2v) is 11.8. The fraction of sp³-hybridized carbons (Fsp3) is 0.667. The number of nitrogens with zero attached hydrogens (tertiary/aromatic N) is 1. The van der Waals surface area contributed by atoms with E-state index in [2.05, 4.69) is 31.9 Å². The molecular formula is C15H20Br2FNO3S. The van der Waals surface area contributed by atoms with Gasteiger partial charge in [-0.3, -0.25) is 4.79 Å². The zero-order valence-electron chi connectivity index (χ0n) is 13.3. The number of sulfonamides is 1. The fourth-order valence-corrected chi connectivity index (χ4v) is 6.13. The predicted octanol–water partition coefficient (Wildman–Crippen LogP) is 4.17. The first-order chi connectivity index (χ1) is 10.5. The predicted molar refractivity (Wildman–Crippen MR) is 95.6 cm³/mol. The molecule has 1 heterocycles. The van der Waals surface area contributed by atoms with Gasteiger partial charge in [0.25, 0.3) is 0 Å². The molecule has 0 bridgehead atoms. The molecule has 8 heteroatoms. The molecule has 0 aromatic carbocycles.